The average molecular weight is 201 g/mol. The summed E-state index contributed by atoms with van der Waals surface area (Å²) in [5.74, 6) is 0.434. The van der Waals surface area contributed by atoms with Crippen LogP contribution in [-0.4, -0.2) is 25.3 Å². The van der Waals surface area contributed by atoms with Crippen molar-refractivity contribution in [3.05, 3.63) is 23.4 Å². The van der Waals surface area contributed by atoms with Crippen LogP contribution in [-0.2, 0) is 4.74 Å². The van der Waals surface area contributed by atoms with Gasteiger partial charge in [-0.2, -0.15) is 0 Å². The minimum absolute atomic E-state index is 0.417. The van der Waals surface area contributed by atoms with Gasteiger partial charge in [0.2, 0.25) is 5.88 Å². The van der Waals surface area contributed by atoms with Gasteiger partial charge in [-0.05, 0) is 12.1 Å². The standard InChI is InChI=1S/C9H11ClNO2/c1-12-6-3-7-13-9-5-2-4-8(10)11-9/h2,4H,3,6-7H2,1H3. The van der Waals surface area contributed by atoms with Crippen molar-refractivity contribution in [2.75, 3.05) is 20.3 Å². The summed E-state index contributed by atoms with van der Waals surface area (Å²) in [4.78, 5) is 3.92. The van der Waals surface area contributed by atoms with Crippen molar-refractivity contribution in [2.24, 2.45) is 0 Å². The Labute approximate surface area is 82.6 Å². The average Bonchev–Trinajstić information content (AvgIpc) is 2.13. The van der Waals surface area contributed by atoms with E-state index in [1.165, 1.54) is 0 Å². The lowest BCUT2D eigenvalue weighted by Gasteiger charge is -2.03. The summed E-state index contributed by atoms with van der Waals surface area (Å²) in [6, 6.07) is 6.17. The van der Waals surface area contributed by atoms with E-state index in [1.807, 2.05) is 0 Å². The van der Waals surface area contributed by atoms with Gasteiger partial charge >= 0.3 is 0 Å². The molecular weight excluding hydrogens is 190 g/mol. The second-order valence-electron chi connectivity index (χ2n) is 2.41. The van der Waals surface area contributed by atoms with Crippen LogP contribution < -0.4 is 4.74 Å². The molecule has 0 spiro atoms. The third kappa shape index (κ3) is 4.10. The largest absolute Gasteiger partial charge is 0.477 e. The lowest BCUT2D eigenvalue weighted by atomic mass is 10.5. The smallest absolute Gasteiger partial charge is 0.222 e. The molecule has 1 radical (unpaired) electrons. The molecule has 1 rings (SSSR count). The molecule has 3 nitrogen and oxygen atoms in total. The predicted octanol–water partition coefficient (Wildman–Crippen LogP) is 1.95. The fourth-order valence-corrected chi connectivity index (χ4v) is 0.934. The minimum atomic E-state index is 0.417. The zero-order chi connectivity index (χ0) is 9.52. The maximum atomic E-state index is 5.65. The molecule has 71 valence electrons. The number of halogens is 1. The van der Waals surface area contributed by atoms with Crippen molar-refractivity contribution in [1.29, 1.82) is 0 Å². The number of aromatic nitrogens is 1. The summed E-state index contributed by atoms with van der Waals surface area (Å²) in [5, 5.41) is 0.417. The minimum Gasteiger partial charge on any atom is -0.477 e. The Kier molecular flexibility index (Phi) is 4.57. The van der Waals surface area contributed by atoms with Gasteiger partial charge in [-0.25, -0.2) is 4.98 Å². The molecule has 0 unspecified atom stereocenters. The molecule has 4 heteroatoms. The molecule has 0 fully saturated rings. The van der Waals surface area contributed by atoms with Gasteiger partial charge in [0.1, 0.15) is 5.15 Å². The van der Waals surface area contributed by atoms with Gasteiger partial charge < -0.3 is 9.47 Å². The highest BCUT2D eigenvalue weighted by molar-refractivity contribution is 6.29. The van der Waals surface area contributed by atoms with E-state index in [-0.39, 0.29) is 0 Å². The second kappa shape index (κ2) is 5.78. The quantitative estimate of drug-likeness (QED) is 0.538. The molecule has 0 N–H and O–H groups in total. The van der Waals surface area contributed by atoms with Crippen LogP contribution in [0.25, 0.3) is 0 Å². The molecule has 13 heavy (non-hydrogen) atoms. The molecule has 0 aliphatic rings. The number of nitrogens with zero attached hydrogens (tertiary/aromatic N) is 1. The van der Waals surface area contributed by atoms with Crippen molar-refractivity contribution in [3.8, 4) is 5.88 Å². The zero-order valence-electron chi connectivity index (χ0n) is 7.42. The van der Waals surface area contributed by atoms with E-state index in [0.717, 1.165) is 6.42 Å². The van der Waals surface area contributed by atoms with E-state index < -0.39 is 0 Å². The molecule has 0 saturated heterocycles. The number of hydrogen-bond acceptors (Lipinski definition) is 3. The number of pyridine rings is 1. The van der Waals surface area contributed by atoms with E-state index in [9.17, 15) is 0 Å². The van der Waals surface area contributed by atoms with Crippen molar-refractivity contribution in [1.82, 2.24) is 4.98 Å². The normalized spacial score (nSPS) is 10.0. The second-order valence-corrected chi connectivity index (χ2v) is 2.80. The Balaban J connectivity index is 2.28. The zero-order valence-corrected chi connectivity index (χ0v) is 8.17. The first kappa shape index (κ1) is 10.3. The van der Waals surface area contributed by atoms with Gasteiger partial charge in [-0.1, -0.05) is 11.6 Å². The van der Waals surface area contributed by atoms with Crippen LogP contribution in [0, 0.1) is 6.07 Å². The lowest BCUT2D eigenvalue weighted by molar-refractivity contribution is 0.170. The molecule has 1 heterocycles. The van der Waals surface area contributed by atoms with Crippen LogP contribution in [0.5, 0.6) is 5.88 Å². The Morgan fingerprint density at radius 2 is 2.38 bits per heavy atom. The summed E-state index contributed by atoms with van der Waals surface area (Å²) in [6.07, 6.45) is 0.832. The summed E-state index contributed by atoms with van der Waals surface area (Å²) in [5.41, 5.74) is 0. The first-order valence-corrected chi connectivity index (χ1v) is 4.36. The van der Waals surface area contributed by atoms with Gasteiger partial charge in [-0.15, -0.1) is 0 Å². The third-order valence-electron chi connectivity index (χ3n) is 1.37. The Morgan fingerprint density at radius 1 is 1.54 bits per heavy atom. The SMILES string of the molecule is COCCCOc1[c]ccc(Cl)n1. The first-order valence-electron chi connectivity index (χ1n) is 3.99. The van der Waals surface area contributed by atoms with Crippen molar-refractivity contribution in [2.45, 2.75) is 6.42 Å². The maximum Gasteiger partial charge on any atom is 0.222 e. The Hall–Kier alpha value is -0.800. The Bertz CT molecular complexity index is 255. The topological polar surface area (TPSA) is 31.4 Å². The van der Waals surface area contributed by atoms with E-state index in [4.69, 9.17) is 21.1 Å². The first-order chi connectivity index (χ1) is 6.33. The molecular formula is C9H11ClNO2. The van der Waals surface area contributed by atoms with Crippen LogP contribution in [0.4, 0.5) is 0 Å². The fourth-order valence-electron chi connectivity index (χ4n) is 0.794. The molecule has 1 aromatic heterocycles. The van der Waals surface area contributed by atoms with Crippen LogP contribution in [0.2, 0.25) is 5.15 Å². The van der Waals surface area contributed by atoms with E-state index in [1.54, 1.807) is 19.2 Å². The van der Waals surface area contributed by atoms with Crippen molar-refractivity contribution >= 4 is 11.6 Å². The van der Waals surface area contributed by atoms with E-state index in [0.29, 0.717) is 24.2 Å². The van der Waals surface area contributed by atoms with E-state index in [2.05, 4.69) is 11.1 Å². The summed E-state index contributed by atoms with van der Waals surface area (Å²) < 4.78 is 10.1. The highest BCUT2D eigenvalue weighted by Crippen LogP contribution is 2.10. The number of hydrogen-bond donors (Lipinski definition) is 0. The van der Waals surface area contributed by atoms with Crippen molar-refractivity contribution in [3.63, 3.8) is 0 Å². The van der Waals surface area contributed by atoms with Crippen molar-refractivity contribution < 1.29 is 9.47 Å². The highest BCUT2D eigenvalue weighted by Gasteiger charge is 1.96. The molecule has 0 bridgehead atoms. The van der Waals surface area contributed by atoms with Gasteiger partial charge in [0.15, 0.2) is 0 Å². The summed E-state index contributed by atoms with van der Waals surface area (Å²) in [6.45, 7) is 1.25. The number of rotatable bonds is 5. The van der Waals surface area contributed by atoms with Gasteiger partial charge in [0, 0.05) is 26.2 Å². The highest BCUT2D eigenvalue weighted by atomic mass is 35.5. The van der Waals surface area contributed by atoms with Crippen LogP contribution in [0.15, 0.2) is 12.1 Å². The van der Waals surface area contributed by atoms with Crippen LogP contribution in [0.3, 0.4) is 0 Å². The lowest BCUT2D eigenvalue weighted by Crippen LogP contribution is -2.02. The molecule has 0 aliphatic heterocycles. The summed E-state index contributed by atoms with van der Waals surface area (Å²) in [7, 11) is 1.66. The molecule has 0 saturated carbocycles. The number of methoxy groups -OCH3 is 1. The van der Waals surface area contributed by atoms with E-state index >= 15 is 0 Å². The maximum absolute atomic E-state index is 5.65. The molecule has 0 aromatic carbocycles. The number of ether oxygens (including phenoxy) is 2. The van der Waals surface area contributed by atoms with Gasteiger partial charge in [0.25, 0.3) is 0 Å². The third-order valence-corrected chi connectivity index (χ3v) is 1.58. The van der Waals surface area contributed by atoms with Gasteiger partial charge in [0.05, 0.1) is 6.61 Å². The fraction of sp³-hybridized carbons (Fsp3) is 0.444. The molecule has 0 amide bonds. The predicted molar refractivity (Wildman–Crippen MR) is 50.1 cm³/mol. The molecule has 1 aromatic rings. The monoisotopic (exact) mass is 200 g/mol. The van der Waals surface area contributed by atoms with Crippen LogP contribution in [0.1, 0.15) is 6.42 Å². The van der Waals surface area contributed by atoms with Gasteiger partial charge in [-0.3, -0.25) is 0 Å². The molecule has 0 aliphatic carbocycles. The Morgan fingerprint density at radius 3 is 3.08 bits per heavy atom. The molecule has 0 atom stereocenters. The summed E-state index contributed by atoms with van der Waals surface area (Å²) >= 11 is 5.65. The van der Waals surface area contributed by atoms with Crippen LogP contribution >= 0.6 is 11.6 Å².